The van der Waals surface area contributed by atoms with Crippen molar-refractivity contribution in [2.24, 2.45) is 28.7 Å². The zero-order valence-corrected chi connectivity index (χ0v) is 13.1. The molecule has 0 amide bonds. The summed E-state index contributed by atoms with van der Waals surface area (Å²) in [7, 11) is 2.07. The van der Waals surface area contributed by atoms with Crippen molar-refractivity contribution in [1.82, 2.24) is 4.40 Å². The molecule has 0 aliphatic heterocycles. The number of aromatic nitrogens is 2. The highest BCUT2D eigenvalue weighted by atomic mass is 15.3. The minimum Gasteiger partial charge on any atom is -0.369 e. The number of fused-ring (bicyclic) bond motifs is 1. The molecule has 0 aliphatic carbocycles. The van der Waals surface area contributed by atoms with Crippen LogP contribution in [-0.2, 0) is 7.05 Å². The van der Waals surface area contributed by atoms with Crippen LogP contribution in [0.25, 0.3) is 16.9 Å². The molecule has 116 valence electrons. The minimum absolute atomic E-state index is 0.0548. The maximum atomic E-state index is 5.23. The van der Waals surface area contributed by atoms with Gasteiger partial charge in [0.05, 0.1) is 13.3 Å². The van der Waals surface area contributed by atoms with E-state index in [4.69, 9.17) is 11.5 Å². The van der Waals surface area contributed by atoms with Crippen LogP contribution in [0.2, 0.25) is 0 Å². The largest absolute Gasteiger partial charge is 0.369 e. The van der Waals surface area contributed by atoms with E-state index < -0.39 is 0 Å². The van der Waals surface area contributed by atoms with Crippen LogP contribution in [0.15, 0.2) is 58.9 Å². The second-order valence-electron chi connectivity index (χ2n) is 5.36. The van der Waals surface area contributed by atoms with Crippen molar-refractivity contribution >= 4 is 17.8 Å². The van der Waals surface area contributed by atoms with Gasteiger partial charge in [-0.25, -0.2) is 4.57 Å². The summed E-state index contributed by atoms with van der Waals surface area (Å²) < 4.78 is 4.36. The predicted molar refractivity (Wildman–Crippen MR) is 92.1 cm³/mol. The molecule has 2 heterocycles. The summed E-state index contributed by atoms with van der Waals surface area (Å²) in [5.74, 6) is -0.0548. The number of rotatable bonds is 3. The van der Waals surface area contributed by atoms with E-state index in [9.17, 15) is 0 Å². The molecule has 6 nitrogen and oxygen atoms in total. The molecule has 23 heavy (non-hydrogen) atoms. The normalized spacial score (nSPS) is 11.2. The van der Waals surface area contributed by atoms with Crippen LogP contribution in [-0.4, -0.2) is 16.6 Å². The van der Waals surface area contributed by atoms with Gasteiger partial charge >= 0.3 is 0 Å². The van der Waals surface area contributed by atoms with Gasteiger partial charge in [0.25, 0.3) is 5.65 Å². The van der Waals surface area contributed by atoms with Gasteiger partial charge < -0.3 is 11.5 Å². The molecular weight excluding hydrogens is 288 g/mol. The summed E-state index contributed by atoms with van der Waals surface area (Å²) in [4.78, 5) is 0. The second-order valence-corrected chi connectivity index (χ2v) is 5.36. The van der Waals surface area contributed by atoms with Crippen LogP contribution in [0, 0.1) is 6.92 Å². The van der Waals surface area contributed by atoms with E-state index in [0.29, 0.717) is 0 Å². The van der Waals surface area contributed by atoms with Crippen molar-refractivity contribution < 1.29 is 4.57 Å². The lowest BCUT2D eigenvalue weighted by Gasteiger charge is -1.98. The van der Waals surface area contributed by atoms with Crippen molar-refractivity contribution in [1.29, 1.82) is 0 Å². The Morgan fingerprint density at radius 2 is 1.87 bits per heavy atom. The van der Waals surface area contributed by atoms with Crippen molar-refractivity contribution in [3.8, 4) is 11.3 Å². The highest BCUT2D eigenvalue weighted by Gasteiger charge is 2.16. The molecule has 0 saturated heterocycles. The van der Waals surface area contributed by atoms with Crippen molar-refractivity contribution in [3.05, 3.63) is 59.9 Å². The van der Waals surface area contributed by atoms with Crippen LogP contribution in [0.3, 0.4) is 0 Å². The predicted octanol–water partition coefficient (Wildman–Crippen LogP) is 1.35. The molecule has 0 bridgehead atoms. The van der Waals surface area contributed by atoms with Gasteiger partial charge in [0.15, 0.2) is 5.69 Å². The third kappa shape index (κ3) is 2.91. The maximum Gasteiger partial charge on any atom is 0.286 e. The van der Waals surface area contributed by atoms with Crippen LogP contribution in [0.5, 0.6) is 0 Å². The lowest BCUT2D eigenvalue weighted by Crippen LogP contribution is -2.29. The van der Waals surface area contributed by atoms with E-state index in [1.165, 1.54) is 5.69 Å². The molecule has 6 heteroatoms. The molecule has 3 aromatic rings. The summed E-state index contributed by atoms with van der Waals surface area (Å²) in [5.41, 5.74) is 16.0. The Kier molecular flexibility index (Phi) is 3.80. The maximum absolute atomic E-state index is 5.23. The topological polar surface area (TPSA) is 85.0 Å². The Morgan fingerprint density at radius 1 is 1.13 bits per heavy atom. The summed E-state index contributed by atoms with van der Waals surface area (Å²) in [6, 6.07) is 14.3. The van der Waals surface area contributed by atoms with E-state index in [1.807, 2.05) is 12.1 Å². The van der Waals surface area contributed by atoms with E-state index in [1.54, 1.807) is 6.21 Å². The molecule has 1 aromatic carbocycles. The average molecular weight is 307 g/mol. The van der Waals surface area contributed by atoms with Gasteiger partial charge in [-0.05, 0) is 30.7 Å². The summed E-state index contributed by atoms with van der Waals surface area (Å²) >= 11 is 0. The lowest BCUT2D eigenvalue weighted by molar-refractivity contribution is -0.633. The molecule has 2 aromatic heterocycles. The highest BCUT2D eigenvalue weighted by molar-refractivity contribution is 5.82. The van der Waals surface area contributed by atoms with Crippen LogP contribution in [0.4, 0.5) is 0 Å². The molecule has 0 saturated carbocycles. The Bertz CT molecular complexity index is 899. The smallest absolute Gasteiger partial charge is 0.286 e. The number of aryl methyl sites for hydroxylation is 2. The van der Waals surface area contributed by atoms with Crippen molar-refractivity contribution in [2.75, 3.05) is 0 Å². The van der Waals surface area contributed by atoms with E-state index in [-0.39, 0.29) is 5.96 Å². The Balaban J connectivity index is 1.97. The molecule has 0 spiro atoms. The Morgan fingerprint density at radius 3 is 2.52 bits per heavy atom. The van der Waals surface area contributed by atoms with Crippen LogP contribution >= 0.6 is 0 Å². The first-order chi connectivity index (χ1) is 11.1. The van der Waals surface area contributed by atoms with Gasteiger partial charge in [-0.1, -0.05) is 18.2 Å². The number of benzene rings is 1. The molecule has 0 aliphatic rings. The SMILES string of the molecule is Cc1cccc2n1cc(-c1ccc(/C=N/N=C(N)N)cc1)[n+]2C. The number of pyridine rings is 1. The number of nitrogens with two attached hydrogens (primary N) is 2. The number of hydrogen-bond donors (Lipinski definition) is 2. The zero-order chi connectivity index (χ0) is 16.4. The number of imidazole rings is 1. The van der Waals surface area contributed by atoms with Crippen LogP contribution < -0.4 is 16.0 Å². The second kappa shape index (κ2) is 5.92. The summed E-state index contributed by atoms with van der Waals surface area (Å²) in [6.07, 6.45) is 3.76. The van der Waals surface area contributed by atoms with Gasteiger partial charge in [0, 0.05) is 11.6 Å². The Labute approximate surface area is 134 Å². The van der Waals surface area contributed by atoms with Gasteiger partial charge in [0.1, 0.15) is 11.9 Å². The van der Waals surface area contributed by atoms with E-state index in [0.717, 1.165) is 22.5 Å². The van der Waals surface area contributed by atoms with Crippen molar-refractivity contribution in [3.63, 3.8) is 0 Å². The molecule has 3 rings (SSSR count). The number of hydrogen-bond acceptors (Lipinski definition) is 2. The Hall–Kier alpha value is -3.15. The first-order valence-corrected chi connectivity index (χ1v) is 7.25. The first kappa shape index (κ1) is 14.8. The average Bonchev–Trinajstić information content (AvgIpc) is 2.87. The van der Waals surface area contributed by atoms with Crippen LogP contribution in [0.1, 0.15) is 11.3 Å². The molecule has 0 unspecified atom stereocenters. The third-order valence-corrected chi connectivity index (χ3v) is 3.75. The quantitative estimate of drug-likeness (QED) is 0.331. The summed E-state index contributed by atoms with van der Waals surface area (Å²) in [6.45, 7) is 2.10. The molecule has 4 N–H and O–H groups in total. The fraction of sp³-hybridized carbons (Fsp3) is 0.118. The first-order valence-electron chi connectivity index (χ1n) is 7.25. The van der Waals surface area contributed by atoms with Crippen molar-refractivity contribution in [2.45, 2.75) is 6.92 Å². The van der Waals surface area contributed by atoms with Gasteiger partial charge in [-0.2, -0.15) is 9.50 Å². The zero-order valence-electron chi connectivity index (χ0n) is 13.1. The van der Waals surface area contributed by atoms with Gasteiger partial charge in [0.2, 0.25) is 5.96 Å². The van der Waals surface area contributed by atoms with E-state index in [2.05, 4.69) is 69.7 Å². The molecule has 0 fully saturated rings. The lowest BCUT2D eigenvalue weighted by atomic mass is 10.1. The number of nitrogens with zero attached hydrogens (tertiary/aromatic N) is 4. The van der Waals surface area contributed by atoms with Gasteiger partial charge in [-0.3, -0.25) is 0 Å². The van der Waals surface area contributed by atoms with E-state index >= 15 is 0 Å². The highest BCUT2D eigenvalue weighted by Crippen LogP contribution is 2.18. The number of guanidine groups is 1. The molecule has 0 atom stereocenters. The molecule has 0 radical (unpaired) electrons. The minimum atomic E-state index is -0.0548. The monoisotopic (exact) mass is 307 g/mol. The third-order valence-electron chi connectivity index (χ3n) is 3.75. The fourth-order valence-electron chi connectivity index (χ4n) is 2.56. The van der Waals surface area contributed by atoms with Gasteiger partial charge in [-0.15, -0.1) is 5.10 Å². The molecular formula is C17H19N6+. The fourth-order valence-corrected chi connectivity index (χ4v) is 2.56. The standard InChI is InChI=1S/C17H19N6/c1-12-4-3-5-16-22(2)15(11-23(12)16)14-8-6-13(7-9-14)10-20-21-17(18)19/h3-11H,1-2H3,(H4,18,19,21)/q+1/b20-10+. The summed E-state index contributed by atoms with van der Waals surface area (Å²) in [5, 5.41) is 7.40.